The highest BCUT2D eigenvalue weighted by atomic mass is 14.9. The molecule has 0 amide bonds. The van der Waals surface area contributed by atoms with E-state index in [0.29, 0.717) is 5.82 Å². The van der Waals surface area contributed by atoms with Gasteiger partial charge < -0.3 is 0 Å². The molecular weight excluding hydrogens is 184 g/mol. The van der Waals surface area contributed by atoms with Crippen molar-refractivity contribution >= 4 is 0 Å². The fourth-order valence-electron chi connectivity index (χ4n) is 1.23. The van der Waals surface area contributed by atoms with Crippen molar-refractivity contribution in [1.29, 1.82) is 0 Å². The van der Waals surface area contributed by atoms with E-state index in [1.54, 1.807) is 12.4 Å². The predicted molar refractivity (Wildman–Crippen MR) is 59.7 cm³/mol. The lowest BCUT2D eigenvalue weighted by atomic mass is 10.2. The molecule has 2 rings (SSSR count). The molecule has 1 aromatic heterocycles. The van der Waals surface area contributed by atoms with Gasteiger partial charge in [0.25, 0.3) is 0 Å². The minimum Gasteiger partial charge on any atom is -0.235 e. The van der Waals surface area contributed by atoms with E-state index < -0.39 is 0 Å². The maximum absolute atomic E-state index is 4.23. The van der Waals surface area contributed by atoms with Crippen LogP contribution in [0.15, 0.2) is 42.7 Å². The zero-order chi connectivity index (χ0) is 10.5. The van der Waals surface area contributed by atoms with Crippen molar-refractivity contribution in [1.82, 2.24) is 9.97 Å². The Morgan fingerprint density at radius 2 is 1.67 bits per heavy atom. The van der Waals surface area contributed by atoms with Gasteiger partial charge in [0.1, 0.15) is 0 Å². The first-order valence-corrected chi connectivity index (χ1v) is 4.56. The summed E-state index contributed by atoms with van der Waals surface area (Å²) in [4.78, 5) is 8.45. The molecule has 0 bridgehead atoms. The van der Waals surface area contributed by atoms with Gasteiger partial charge in [-0.3, -0.25) is 0 Å². The monoisotopic (exact) mass is 193 g/mol. The van der Waals surface area contributed by atoms with Gasteiger partial charge in [-0.05, 0) is 0 Å². The van der Waals surface area contributed by atoms with Gasteiger partial charge >= 0.3 is 0 Å². The molecule has 0 aliphatic carbocycles. The van der Waals surface area contributed by atoms with E-state index in [1.807, 2.05) is 30.3 Å². The SMILES string of the molecule is [CH2]C#Cc1cnc(-c2ccccc2)nc1. The first kappa shape index (κ1) is 9.42. The molecule has 0 aliphatic rings. The van der Waals surface area contributed by atoms with Crippen molar-refractivity contribution in [2.45, 2.75) is 0 Å². The van der Waals surface area contributed by atoms with Crippen molar-refractivity contribution in [2.24, 2.45) is 0 Å². The molecule has 0 fully saturated rings. The third-order valence-corrected chi connectivity index (χ3v) is 1.92. The number of nitrogens with zero attached hydrogens (tertiary/aromatic N) is 2. The molecule has 0 saturated carbocycles. The van der Waals surface area contributed by atoms with Crippen LogP contribution in [0.4, 0.5) is 0 Å². The predicted octanol–water partition coefficient (Wildman–Crippen LogP) is 2.33. The number of hydrogen-bond donors (Lipinski definition) is 0. The van der Waals surface area contributed by atoms with Gasteiger partial charge in [-0.1, -0.05) is 42.2 Å². The summed E-state index contributed by atoms with van der Waals surface area (Å²) in [7, 11) is 0. The van der Waals surface area contributed by atoms with Gasteiger partial charge in [0.05, 0.1) is 5.56 Å². The standard InChI is InChI=1S/C13H9N2/c1-2-6-11-9-14-13(15-10-11)12-7-4-3-5-8-12/h3-5,7-10H,1H2. The summed E-state index contributed by atoms with van der Waals surface area (Å²) in [6.07, 6.45) is 3.40. The molecule has 1 radical (unpaired) electrons. The zero-order valence-corrected chi connectivity index (χ0v) is 8.14. The third-order valence-electron chi connectivity index (χ3n) is 1.92. The smallest absolute Gasteiger partial charge is 0.159 e. The summed E-state index contributed by atoms with van der Waals surface area (Å²) in [6, 6.07) is 9.83. The lowest BCUT2D eigenvalue weighted by Gasteiger charge is -1.98. The minimum atomic E-state index is 0.713. The highest BCUT2D eigenvalue weighted by Crippen LogP contribution is 2.12. The Balaban J connectivity index is 2.35. The first-order valence-electron chi connectivity index (χ1n) is 4.56. The van der Waals surface area contributed by atoms with E-state index in [4.69, 9.17) is 0 Å². The summed E-state index contributed by atoms with van der Waals surface area (Å²) >= 11 is 0. The lowest BCUT2D eigenvalue weighted by molar-refractivity contribution is 1.16. The molecule has 15 heavy (non-hydrogen) atoms. The molecule has 0 aliphatic heterocycles. The Morgan fingerprint density at radius 1 is 1.00 bits per heavy atom. The van der Waals surface area contributed by atoms with Gasteiger partial charge in [0, 0.05) is 24.9 Å². The van der Waals surface area contributed by atoms with Gasteiger partial charge in [-0.15, -0.1) is 0 Å². The topological polar surface area (TPSA) is 25.8 Å². The molecule has 2 heteroatoms. The molecule has 2 aromatic rings. The van der Waals surface area contributed by atoms with Crippen molar-refractivity contribution < 1.29 is 0 Å². The maximum atomic E-state index is 4.23. The summed E-state index contributed by atoms with van der Waals surface area (Å²) in [5.74, 6) is 6.08. The Labute approximate surface area is 89.0 Å². The fraction of sp³-hybridized carbons (Fsp3) is 0. The van der Waals surface area contributed by atoms with Crippen LogP contribution >= 0.6 is 0 Å². The van der Waals surface area contributed by atoms with E-state index in [-0.39, 0.29) is 0 Å². The van der Waals surface area contributed by atoms with Gasteiger partial charge in [0.15, 0.2) is 5.82 Å². The number of aromatic nitrogens is 2. The first-order chi connectivity index (χ1) is 7.40. The lowest BCUT2D eigenvalue weighted by Crippen LogP contribution is -1.89. The highest BCUT2D eigenvalue weighted by Gasteiger charge is 1.98. The Kier molecular flexibility index (Phi) is 2.75. The molecule has 0 spiro atoms. The van der Waals surface area contributed by atoms with Crippen LogP contribution in [0.1, 0.15) is 5.56 Å². The Morgan fingerprint density at radius 3 is 2.27 bits per heavy atom. The van der Waals surface area contributed by atoms with Crippen molar-refractivity contribution in [3.05, 3.63) is 55.2 Å². The molecule has 2 nitrogen and oxygen atoms in total. The highest BCUT2D eigenvalue weighted by molar-refractivity contribution is 5.54. The summed E-state index contributed by atoms with van der Waals surface area (Å²) in [6.45, 7) is 3.44. The van der Waals surface area contributed by atoms with Gasteiger partial charge in [-0.2, -0.15) is 0 Å². The summed E-state index contributed by atoms with van der Waals surface area (Å²) < 4.78 is 0. The normalized spacial score (nSPS) is 9.13. The van der Waals surface area contributed by atoms with E-state index >= 15 is 0 Å². The Hall–Kier alpha value is -2.14. The second-order valence-corrected chi connectivity index (χ2v) is 2.96. The molecule has 0 atom stereocenters. The molecular formula is C13H9N2. The minimum absolute atomic E-state index is 0.713. The van der Waals surface area contributed by atoms with E-state index in [0.717, 1.165) is 11.1 Å². The van der Waals surface area contributed by atoms with Gasteiger partial charge in [0.2, 0.25) is 0 Å². The summed E-state index contributed by atoms with van der Waals surface area (Å²) in [5, 5.41) is 0. The zero-order valence-electron chi connectivity index (χ0n) is 8.14. The number of benzene rings is 1. The van der Waals surface area contributed by atoms with E-state index in [1.165, 1.54) is 0 Å². The van der Waals surface area contributed by atoms with Crippen molar-refractivity contribution in [2.75, 3.05) is 0 Å². The van der Waals surface area contributed by atoms with Crippen LogP contribution < -0.4 is 0 Å². The molecule has 0 saturated heterocycles. The second kappa shape index (κ2) is 4.39. The molecule has 1 heterocycles. The van der Waals surface area contributed by atoms with Gasteiger partial charge in [-0.25, -0.2) is 9.97 Å². The van der Waals surface area contributed by atoms with Crippen LogP contribution in [-0.2, 0) is 0 Å². The van der Waals surface area contributed by atoms with Crippen molar-refractivity contribution in [3.8, 4) is 23.2 Å². The third kappa shape index (κ3) is 2.21. The van der Waals surface area contributed by atoms with E-state index in [9.17, 15) is 0 Å². The molecule has 1 aromatic carbocycles. The average Bonchev–Trinajstić information content (AvgIpc) is 2.32. The number of hydrogen-bond acceptors (Lipinski definition) is 2. The second-order valence-electron chi connectivity index (χ2n) is 2.96. The van der Waals surface area contributed by atoms with Crippen LogP contribution in [0.25, 0.3) is 11.4 Å². The van der Waals surface area contributed by atoms with Crippen molar-refractivity contribution in [3.63, 3.8) is 0 Å². The molecule has 0 N–H and O–H groups in total. The average molecular weight is 193 g/mol. The Bertz CT molecular complexity index is 490. The summed E-state index contributed by atoms with van der Waals surface area (Å²) in [5.41, 5.74) is 1.79. The quantitative estimate of drug-likeness (QED) is 0.649. The maximum Gasteiger partial charge on any atom is 0.159 e. The largest absolute Gasteiger partial charge is 0.235 e. The van der Waals surface area contributed by atoms with Crippen LogP contribution in [0.3, 0.4) is 0 Å². The van der Waals surface area contributed by atoms with Crippen LogP contribution in [0.2, 0.25) is 0 Å². The van der Waals surface area contributed by atoms with Crippen LogP contribution in [0.5, 0.6) is 0 Å². The van der Waals surface area contributed by atoms with Crippen LogP contribution in [0, 0.1) is 18.8 Å². The molecule has 0 unspecified atom stereocenters. The van der Waals surface area contributed by atoms with Crippen LogP contribution in [-0.4, -0.2) is 9.97 Å². The fourth-order valence-corrected chi connectivity index (χ4v) is 1.23. The molecule has 71 valence electrons. The van der Waals surface area contributed by atoms with E-state index in [2.05, 4.69) is 28.7 Å². The number of rotatable bonds is 1.